The Morgan fingerprint density at radius 1 is 1.06 bits per heavy atom. The number of halogens is 1. The first-order chi connectivity index (χ1) is 15.4. The maximum atomic E-state index is 6.43. The van der Waals surface area contributed by atoms with E-state index in [9.17, 15) is 0 Å². The predicted molar refractivity (Wildman–Crippen MR) is 132 cm³/mol. The van der Waals surface area contributed by atoms with E-state index in [1.807, 2.05) is 39.0 Å². The van der Waals surface area contributed by atoms with Crippen LogP contribution in [0.3, 0.4) is 0 Å². The van der Waals surface area contributed by atoms with E-state index in [1.54, 1.807) is 0 Å². The van der Waals surface area contributed by atoms with Gasteiger partial charge in [0, 0.05) is 35.5 Å². The fourth-order valence-electron chi connectivity index (χ4n) is 4.24. The molecule has 3 aromatic rings. The van der Waals surface area contributed by atoms with E-state index in [-0.39, 0.29) is 18.3 Å². The summed E-state index contributed by atoms with van der Waals surface area (Å²) in [5, 5.41) is 2.38. The molecule has 0 aromatic heterocycles. The zero-order valence-electron chi connectivity index (χ0n) is 19.4. The molecular weight excluding hydrogens is 422 g/mol. The van der Waals surface area contributed by atoms with Gasteiger partial charge in [-0.15, -0.1) is 11.6 Å². The SMILES string of the molecule is Cc1cccc2c(OCc3ccccc3)cc3c(c12)[C@H](CCl)CN3COCOC(C)(C)C. The molecular formula is C27H32ClNO3. The van der Waals surface area contributed by atoms with Crippen LogP contribution in [-0.4, -0.2) is 31.5 Å². The van der Waals surface area contributed by atoms with Crippen LogP contribution in [0.15, 0.2) is 54.6 Å². The summed E-state index contributed by atoms with van der Waals surface area (Å²) in [6.45, 7) is 10.3. The van der Waals surface area contributed by atoms with Crippen LogP contribution in [-0.2, 0) is 16.1 Å². The second-order valence-electron chi connectivity index (χ2n) is 9.36. The lowest BCUT2D eigenvalue weighted by molar-refractivity contribution is -0.119. The zero-order chi connectivity index (χ0) is 22.7. The highest BCUT2D eigenvalue weighted by Gasteiger charge is 2.32. The van der Waals surface area contributed by atoms with Crippen molar-refractivity contribution in [3.05, 3.63) is 71.3 Å². The minimum atomic E-state index is -0.229. The Morgan fingerprint density at radius 3 is 2.56 bits per heavy atom. The van der Waals surface area contributed by atoms with E-state index in [0.29, 0.717) is 19.2 Å². The molecule has 0 fully saturated rings. The maximum Gasteiger partial charge on any atom is 0.149 e. The van der Waals surface area contributed by atoms with Crippen molar-refractivity contribution >= 4 is 28.1 Å². The van der Waals surface area contributed by atoms with Crippen molar-refractivity contribution in [1.29, 1.82) is 0 Å². The largest absolute Gasteiger partial charge is 0.488 e. The van der Waals surface area contributed by atoms with E-state index in [0.717, 1.165) is 28.9 Å². The molecule has 5 heteroatoms. The molecule has 0 bridgehead atoms. The summed E-state index contributed by atoms with van der Waals surface area (Å²) < 4.78 is 18.0. The lowest BCUT2D eigenvalue weighted by Crippen LogP contribution is -2.28. The summed E-state index contributed by atoms with van der Waals surface area (Å²) in [6.07, 6.45) is 0. The van der Waals surface area contributed by atoms with Gasteiger partial charge < -0.3 is 19.1 Å². The molecule has 1 aliphatic heterocycles. The molecule has 170 valence electrons. The summed E-state index contributed by atoms with van der Waals surface area (Å²) in [4.78, 5) is 2.25. The van der Waals surface area contributed by atoms with Gasteiger partial charge in [0.15, 0.2) is 0 Å². The number of hydrogen-bond donors (Lipinski definition) is 0. The molecule has 0 N–H and O–H groups in total. The zero-order valence-corrected chi connectivity index (χ0v) is 20.1. The normalized spacial score (nSPS) is 15.9. The Hall–Kier alpha value is -2.27. The Kier molecular flexibility index (Phi) is 6.94. The highest BCUT2D eigenvalue weighted by atomic mass is 35.5. The first-order valence-corrected chi connectivity index (χ1v) is 11.7. The van der Waals surface area contributed by atoms with Crippen molar-refractivity contribution in [2.24, 2.45) is 0 Å². The number of benzene rings is 3. The summed E-state index contributed by atoms with van der Waals surface area (Å²) in [7, 11) is 0. The molecule has 4 rings (SSSR count). The van der Waals surface area contributed by atoms with Crippen LogP contribution in [0.2, 0.25) is 0 Å². The average Bonchev–Trinajstić information content (AvgIpc) is 3.12. The topological polar surface area (TPSA) is 30.9 Å². The molecule has 0 amide bonds. The highest BCUT2D eigenvalue weighted by Crippen LogP contribution is 2.46. The smallest absolute Gasteiger partial charge is 0.149 e. The number of fused-ring (bicyclic) bond motifs is 3. The molecule has 0 saturated carbocycles. The third kappa shape index (κ3) is 5.03. The van der Waals surface area contributed by atoms with Gasteiger partial charge in [-0.25, -0.2) is 0 Å². The molecule has 0 saturated heterocycles. The molecule has 32 heavy (non-hydrogen) atoms. The van der Waals surface area contributed by atoms with Crippen LogP contribution in [0, 0.1) is 6.92 Å². The summed E-state index contributed by atoms with van der Waals surface area (Å²) >= 11 is 6.43. The van der Waals surface area contributed by atoms with Crippen molar-refractivity contribution < 1.29 is 14.2 Å². The average molecular weight is 454 g/mol. The number of anilines is 1. The van der Waals surface area contributed by atoms with E-state index in [2.05, 4.69) is 48.2 Å². The highest BCUT2D eigenvalue weighted by molar-refractivity contribution is 6.19. The molecule has 1 atom stereocenters. The summed E-state index contributed by atoms with van der Waals surface area (Å²) in [6, 6.07) is 18.8. The molecule has 4 nitrogen and oxygen atoms in total. The van der Waals surface area contributed by atoms with Crippen LogP contribution in [0.1, 0.15) is 43.4 Å². The van der Waals surface area contributed by atoms with E-state index < -0.39 is 0 Å². The van der Waals surface area contributed by atoms with Crippen molar-refractivity contribution in [3.63, 3.8) is 0 Å². The molecule has 0 spiro atoms. The van der Waals surface area contributed by atoms with Crippen molar-refractivity contribution in [2.45, 2.75) is 45.8 Å². The maximum absolute atomic E-state index is 6.43. The van der Waals surface area contributed by atoms with Crippen LogP contribution in [0.5, 0.6) is 5.75 Å². The quantitative estimate of drug-likeness (QED) is 0.218. The van der Waals surface area contributed by atoms with Crippen LogP contribution < -0.4 is 9.64 Å². The molecule has 0 unspecified atom stereocenters. The van der Waals surface area contributed by atoms with Gasteiger partial charge in [-0.1, -0.05) is 48.5 Å². The van der Waals surface area contributed by atoms with Gasteiger partial charge in [-0.2, -0.15) is 0 Å². The molecule has 1 aliphatic rings. The Bertz CT molecular complexity index is 1060. The first-order valence-electron chi connectivity index (χ1n) is 11.1. The van der Waals surface area contributed by atoms with Crippen molar-refractivity contribution in [3.8, 4) is 5.75 Å². The third-order valence-electron chi connectivity index (χ3n) is 5.79. The Labute approximate surface area is 196 Å². The van der Waals surface area contributed by atoms with Gasteiger partial charge in [0.1, 0.15) is 25.9 Å². The Balaban J connectivity index is 1.66. The van der Waals surface area contributed by atoms with Crippen LogP contribution in [0.4, 0.5) is 5.69 Å². The molecule has 0 aliphatic carbocycles. The Morgan fingerprint density at radius 2 is 1.84 bits per heavy atom. The number of hydrogen-bond acceptors (Lipinski definition) is 4. The number of aryl methyl sites for hydroxylation is 1. The minimum Gasteiger partial charge on any atom is -0.488 e. The van der Waals surface area contributed by atoms with Gasteiger partial charge >= 0.3 is 0 Å². The second-order valence-corrected chi connectivity index (χ2v) is 9.67. The van der Waals surface area contributed by atoms with Crippen molar-refractivity contribution in [2.75, 3.05) is 30.8 Å². The van der Waals surface area contributed by atoms with Gasteiger partial charge in [-0.05, 0) is 49.8 Å². The second kappa shape index (κ2) is 9.70. The lowest BCUT2D eigenvalue weighted by atomic mass is 9.92. The van der Waals surface area contributed by atoms with E-state index in [1.165, 1.54) is 16.5 Å². The monoisotopic (exact) mass is 453 g/mol. The van der Waals surface area contributed by atoms with Crippen molar-refractivity contribution in [1.82, 2.24) is 0 Å². The van der Waals surface area contributed by atoms with Gasteiger partial charge in [-0.3, -0.25) is 0 Å². The van der Waals surface area contributed by atoms with E-state index in [4.69, 9.17) is 25.8 Å². The molecule has 1 heterocycles. The first kappa shape index (κ1) is 22.9. The number of rotatable bonds is 8. The minimum absolute atomic E-state index is 0.229. The standard InChI is InChI=1S/C27H32ClNO3/c1-19-9-8-12-22-24(31-16-20-10-6-5-7-11-20)13-23-26(25(19)22)21(14-28)15-29(23)17-30-18-32-27(2,3)4/h5-13,21H,14-18H2,1-4H3/t21-/m1/s1. The number of ether oxygens (including phenoxy) is 3. The fourth-order valence-corrected chi connectivity index (χ4v) is 4.49. The predicted octanol–water partition coefficient (Wildman–Crippen LogP) is 6.62. The van der Waals surface area contributed by atoms with Crippen LogP contribution in [0.25, 0.3) is 10.8 Å². The van der Waals surface area contributed by atoms with E-state index >= 15 is 0 Å². The molecule has 0 radical (unpaired) electrons. The number of alkyl halides is 1. The number of nitrogens with zero attached hydrogens (tertiary/aromatic N) is 1. The van der Waals surface area contributed by atoms with Gasteiger partial charge in [0.25, 0.3) is 0 Å². The van der Waals surface area contributed by atoms with Crippen LogP contribution >= 0.6 is 11.6 Å². The molecule has 3 aromatic carbocycles. The lowest BCUT2D eigenvalue weighted by Gasteiger charge is -2.24. The van der Waals surface area contributed by atoms with Gasteiger partial charge in [0.05, 0.1) is 5.60 Å². The summed E-state index contributed by atoms with van der Waals surface area (Å²) in [5.41, 5.74) is 4.58. The van der Waals surface area contributed by atoms with Gasteiger partial charge in [0.2, 0.25) is 0 Å². The third-order valence-corrected chi connectivity index (χ3v) is 6.16. The summed E-state index contributed by atoms with van der Waals surface area (Å²) in [5.74, 6) is 1.69. The fraction of sp³-hybridized carbons (Fsp3) is 0.407.